The van der Waals surface area contributed by atoms with Crippen LogP contribution in [0.15, 0.2) is 47.2 Å². The zero-order chi connectivity index (χ0) is 26.8. The van der Waals surface area contributed by atoms with Crippen molar-refractivity contribution in [1.82, 2.24) is 0 Å². The highest BCUT2D eigenvalue weighted by Crippen LogP contribution is 2.65. The number of hydrogen-bond acceptors (Lipinski definition) is 9. The van der Waals surface area contributed by atoms with Crippen LogP contribution < -0.4 is 21.2 Å². The van der Waals surface area contributed by atoms with E-state index >= 15 is 0 Å². The molecule has 0 saturated carbocycles. The lowest BCUT2D eigenvalue weighted by Crippen LogP contribution is -1.91. The first-order valence-electron chi connectivity index (χ1n) is 13.0. The molecule has 0 aliphatic carbocycles. The van der Waals surface area contributed by atoms with Crippen molar-refractivity contribution in [3.63, 3.8) is 0 Å². The van der Waals surface area contributed by atoms with Crippen LogP contribution in [0.4, 0.5) is 0 Å². The van der Waals surface area contributed by atoms with Gasteiger partial charge in [-0.05, 0) is 48.6 Å². The maximum Gasteiger partial charge on any atom is 0.266 e. The standard InChI is InChI=1S/C28H26O4P2S5/c1-3-5-13-31-33(29)17-16-36-26(23(17)33)20-11-12-22(38-20)28-25-24(34(25,30)32-14-6-4-2)27(39-28)21-10-9-19(37-21)18-8-7-15-35-18/h7-12,15-16H,3-6,13-14H2,1-2H3. The molecule has 2 aliphatic heterocycles. The number of rotatable bonds is 12. The molecule has 0 spiro atoms. The number of unbranched alkanes of at least 4 members (excludes halogenated alkanes) is 2. The van der Waals surface area contributed by atoms with E-state index in [4.69, 9.17) is 9.05 Å². The summed E-state index contributed by atoms with van der Waals surface area (Å²) in [6.45, 7) is 5.28. The third kappa shape index (κ3) is 4.41. The maximum atomic E-state index is 14.1. The summed E-state index contributed by atoms with van der Waals surface area (Å²) in [6.07, 6.45) is 3.85. The van der Waals surface area contributed by atoms with E-state index in [-0.39, 0.29) is 0 Å². The molecule has 0 radical (unpaired) electrons. The molecular formula is C28H26O4P2S5. The Bertz CT molecular complexity index is 1770. The monoisotopic (exact) mass is 648 g/mol. The Morgan fingerprint density at radius 2 is 1.23 bits per heavy atom. The van der Waals surface area contributed by atoms with Crippen LogP contribution in [0.5, 0.6) is 0 Å². The molecule has 0 fully saturated rings. The zero-order valence-corrected chi connectivity index (χ0v) is 27.3. The van der Waals surface area contributed by atoms with Crippen molar-refractivity contribution < 1.29 is 18.2 Å². The fourth-order valence-corrected chi connectivity index (χ4v) is 16.9. The lowest BCUT2D eigenvalue weighted by molar-refractivity contribution is 0.322. The Kier molecular flexibility index (Phi) is 7.07. The van der Waals surface area contributed by atoms with E-state index in [1.54, 1.807) is 56.7 Å². The fraction of sp³-hybridized carbons (Fsp3) is 0.286. The SMILES string of the molecule is CCCCOP1(=O)c2csc(-c3ccc(-c4sc(-c5ccc(-c6cccs6)s5)c5c4P5(=O)OCCCC)s3)c21. The predicted molar refractivity (Wildman–Crippen MR) is 173 cm³/mol. The predicted octanol–water partition coefficient (Wildman–Crippen LogP) is 9.38. The van der Waals surface area contributed by atoms with E-state index in [9.17, 15) is 9.13 Å². The molecule has 0 saturated heterocycles. The molecule has 7 rings (SSSR count). The van der Waals surface area contributed by atoms with Gasteiger partial charge in [0.15, 0.2) is 0 Å². The Balaban J connectivity index is 1.22. The highest BCUT2D eigenvalue weighted by atomic mass is 32.1. The van der Waals surface area contributed by atoms with Crippen LogP contribution in [0.2, 0.25) is 0 Å². The Morgan fingerprint density at radius 1 is 0.641 bits per heavy atom. The summed E-state index contributed by atoms with van der Waals surface area (Å²) in [5, 5.41) is 7.73. The van der Waals surface area contributed by atoms with Gasteiger partial charge in [0.05, 0.1) is 49.1 Å². The zero-order valence-electron chi connectivity index (χ0n) is 21.4. The highest BCUT2D eigenvalue weighted by Gasteiger charge is 2.56. The lowest BCUT2D eigenvalue weighted by Gasteiger charge is -2.05. The van der Waals surface area contributed by atoms with Crippen molar-refractivity contribution in [3.8, 4) is 39.0 Å². The van der Waals surface area contributed by atoms with Crippen LogP contribution in [0.3, 0.4) is 0 Å². The Morgan fingerprint density at radius 3 is 1.85 bits per heavy atom. The van der Waals surface area contributed by atoms with E-state index in [0.717, 1.165) is 76.2 Å². The van der Waals surface area contributed by atoms with E-state index in [1.165, 1.54) is 9.75 Å². The molecule has 7 heterocycles. The molecular weight excluding hydrogens is 623 g/mol. The molecule has 5 aromatic heterocycles. The lowest BCUT2D eigenvalue weighted by atomic mass is 10.3. The Labute approximate surface area is 248 Å². The summed E-state index contributed by atoms with van der Waals surface area (Å²) in [7, 11) is -5.72. The largest absolute Gasteiger partial charge is 0.322 e. The second-order valence-electron chi connectivity index (χ2n) is 9.54. The summed E-state index contributed by atoms with van der Waals surface area (Å²) in [5.41, 5.74) is 0. The van der Waals surface area contributed by atoms with Crippen LogP contribution in [0.25, 0.3) is 39.0 Å². The maximum absolute atomic E-state index is 14.1. The second kappa shape index (κ2) is 10.3. The third-order valence-electron chi connectivity index (χ3n) is 6.89. The van der Waals surface area contributed by atoms with Gasteiger partial charge >= 0.3 is 0 Å². The van der Waals surface area contributed by atoms with Crippen molar-refractivity contribution in [2.45, 2.75) is 39.5 Å². The first kappa shape index (κ1) is 26.8. The van der Waals surface area contributed by atoms with Gasteiger partial charge < -0.3 is 9.05 Å². The summed E-state index contributed by atoms with van der Waals surface area (Å²) in [6, 6.07) is 12.8. The quantitative estimate of drug-likeness (QED) is 0.1000. The topological polar surface area (TPSA) is 52.6 Å². The van der Waals surface area contributed by atoms with Gasteiger partial charge in [0.2, 0.25) is 0 Å². The average Bonchev–Trinajstić information content (AvgIpc) is 3.55. The fourth-order valence-electron chi connectivity index (χ4n) is 4.71. The molecule has 2 atom stereocenters. The van der Waals surface area contributed by atoms with Gasteiger partial charge in [-0.15, -0.1) is 56.7 Å². The normalized spacial score (nSPS) is 20.8. The molecule has 5 aromatic rings. The summed E-state index contributed by atoms with van der Waals surface area (Å²) in [5.74, 6) is 0. The molecule has 2 unspecified atom stereocenters. The minimum Gasteiger partial charge on any atom is -0.322 e. The molecule has 4 nitrogen and oxygen atoms in total. The van der Waals surface area contributed by atoms with Gasteiger partial charge in [0, 0.05) is 29.8 Å². The molecule has 2 aliphatic rings. The molecule has 39 heavy (non-hydrogen) atoms. The first-order chi connectivity index (χ1) is 19.0. The van der Waals surface area contributed by atoms with Crippen molar-refractivity contribution in [2.24, 2.45) is 0 Å². The van der Waals surface area contributed by atoms with Crippen molar-refractivity contribution in [3.05, 3.63) is 47.2 Å². The van der Waals surface area contributed by atoms with Crippen LogP contribution in [0.1, 0.15) is 39.5 Å². The van der Waals surface area contributed by atoms with Crippen molar-refractivity contribution >= 4 is 92.6 Å². The number of fused-ring (bicyclic) bond motifs is 2. The van der Waals surface area contributed by atoms with E-state index in [1.807, 2.05) is 5.38 Å². The molecule has 202 valence electrons. The minimum atomic E-state index is -2.95. The number of thiophene rings is 5. The van der Waals surface area contributed by atoms with Gasteiger partial charge in [-0.2, -0.15) is 0 Å². The number of hydrogen-bond donors (Lipinski definition) is 0. The van der Waals surface area contributed by atoms with Gasteiger partial charge in [-0.1, -0.05) is 32.8 Å². The van der Waals surface area contributed by atoms with E-state index in [2.05, 4.69) is 55.6 Å². The smallest absolute Gasteiger partial charge is 0.266 e. The molecule has 0 amide bonds. The summed E-state index contributed by atoms with van der Waals surface area (Å²) in [4.78, 5) is 9.01. The van der Waals surface area contributed by atoms with Gasteiger partial charge in [-0.25, -0.2) is 0 Å². The summed E-state index contributed by atoms with van der Waals surface area (Å²) >= 11 is 8.53. The molecule has 0 aromatic carbocycles. The third-order valence-corrected chi connectivity index (χ3v) is 18.2. The van der Waals surface area contributed by atoms with Gasteiger partial charge in [-0.3, -0.25) is 9.13 Å². The van der Waals surface area contributed by atoms with Crippen LogP contribution in [-0.4, -0.2) is 13.2 Å². The van der Waals surface area contributed by atoms with Crippen LogP contribution in [0, 0.1) is 0 Å². The minimum absolute atomic E-state index is 0.515. The highest BCUT2D eigenvalue weighted by molar-refractivity contribution is 7.87. The van der Waals surface area contributed by atoms with Gasteiger partial charge in [0.25, 0.3) is 14.7 Å². The average molecular weight is 649 g/mol. The second-order valence-corrected chi connectivity index (χ2v) is 19.1. The molecule has 11 heteroatoms. The van der Waals surface area contributed by atoms with Gasteiger partial charge in [0.1, 0.15) is 0 Å². The van der Waals surface area contributed by atoms with Crippen LogP contribution in [-0.2, 0) is 18.2 Å². The summed E-state index contributed by atoms with van der Waals surface area (Å²) < 4.78 is 39.3. The van der Waals surface area contributed by atoms with Crippen molar-refractivity contribution in [2.75, 3.05) is 13.2 Å². The van der Waals surface area contributed by atoms with Crippen LogP contribution >= 0.6 is 71.4 Å². The van der Waals surface area contributed by atoms with Crippen molar-refractivity contribution in [1.29, 1.82) is 0 Å². The van der Waals surface area contributed by atoms with E-state index in [0.29, 0.717) is 13.2 Å². The Hall–Kier alpha value is -1.12. The molecule has 0 N–H and O–H groups in total. The van der Waals surface area contributed by atoms with E-state index < -0.39 is 14.7 Å². The first-order valence-corrected chi connectivity index (χ1v) is 20.5. The molecule has 0 bridgehead atoms.